The van der Waals surface area contributed by atoms with Gasteiger partial charge in [0, 0.05) is 21.5 Å². The summed E-state index contributed by atoms with van der Waals surface area (Å²) in [6, 6.07) is 27.9. The van der Waals surface area contributed by atoms with E-state index < -0.39 is 0 Å². The molecule has 0 saturated heterocycles. The predicted molar refractivity (Wildman–Crippen MR) is 118 cm³/mol. The van der Waals surface area contributed by atoms with Crippen molar-refractivity contribution in [3.63, 3.8) is 0 Å². The SMILES string of the molecule is O=C1OC=C(C#Cc2ccccc2)[C@@H](c2ccccc2)[C@@H]1Cc1ccccc1Br. The lowest BCUT2D eigenvalue weighted by Crippen LogP contribution is -2.30. The molecule has 0 bridgehead atoms. The van der Waals surface area contributed by atoms with Gasteiger partial charge in [0.2, 0.25) is 0 Å². The Bertz CT molecular complexity index is 1090. The lowest BCUT2D eigenvalue weighted by Gasteiger charge is -2.29. The van der Waals surface area contributed by atoms with Crippen LogP contribution in [0.5, 0.6) is 0 Å². The number of rotatable bonds is 3. The zero-order valence-electron chi connectivity index (χ0n) is 15.7. The molecular weight excluding hydrogens is 424 g/mol. The van der Waals surface area contributed by atoms with E-state index in [0.717, 1.165) is 26.7 Å². The van der Waals surface area contributed by atoms with E-state index in [9.17, 15) is 4.79 Å². The van der Waals surface area contributed by atoms with Crippen molar-refractivity contribution in [3.05, 3.63) is 118 Å². The molecule has 2 atom stereocenters. The number of benzene rings is 3. The maximum atomic E-state index is 12.8. The zero-order chi connectivity index (χ0) is 20.1. The number of hydrogen-bond acceptors (Lipinski definition) is 2. The number of cyclic esters (lactones) is 1. The fraction of sp³-hybridized carbons (Fsp3) is 0.115. The van der Waals surface area contributed by atoms with Gasteiger partial charge in [-0.3, -0.25) is 4.79 Å². The van der Waals surface area contributed by atoms with Gasteiger partial charge >= 0.3 is 5.97 Å². The van der Waals surface area contributed by atoms with Crippen molar-refractivity contribution in [2.24, 2.45) is 5.92 Å². The van der Waals surface area contributed by atoms with Gasteiger partial charge in [0.05, 0.1) is 5.92 Å². The Kier molecular flexibility index (Phi) is 5.93. The van der Waals surface area contributed by atoms with E-state index in [2.05, 4.69) is 27.8 Å². The summed E-state index contributed by atoms with van der Waals surface area (Å²) in [6.45, 7) is 0. The summed E-state index contributed by atoms with van der Waals surface area (Å²) >= 11 is 3.60. The molecule has 0 amide bonds. The van der Waals surface area contributed by atoms with Gasteiger partial charge in [-0.15, -0.1) is 0 Å². The van der Waals surface area contributed by atoms with E-state index in [1.54, 1.807) is 0 Å². The van der Waals surface area contributed by atoms with Gasteiger partial charge in [-0.2, -0.15) is 0 Å². The number of carbonyl (C=O) groups is 1. The number of halogens is 1. The Morgan fingerprint density at radius 1 is 0.828 bits per heavy atom. The molecule has 0 fully saturated rings. The van der Waals surface area contributed by atoms with Gasteiger partial charge in [0.25, 0.3) is 0 Å². The summed E-state index contributed by atoms with van der Waals surface area (Å²) in [4.78, 5) is 12.8. The molecule has 3 heteroatoms. The van der Waals surface area contributed by atoms with Crippen LogP contribution < -0.4 is 0 Å². The minimum atomic E-state index is -0.346. The fourth-order valence-corrected chi connectivity index (χ4v) is 4.03. The maximum Gasteiger partial charge on any atom is 0.315 e. The number of allylic oxidation sites excluding steroid dienone is 1. The Labute approximate surface area is 179 Å². The van der Waals surface area contributed by atoms with Crippen LogP contribution in [0, 0.1) is 17.8 Å². The summed E-state index contributed by atoms with van der Waals surface area (Å²) in [7, 11) is 0. The average Bonchev–Trinajstić information content (AvgIpc) is 2.77. The average molecular weight is 443 g/mol. The van der Waals surface area contributed by atoms with Crippen LogP contribution in [-0.2, 0) is 16.0 Å². The smallest absolute Gasteiger partial charge is 0.315 e. The van der Waals surface area contributed by atoms with E-state index in [4.69, 9.17) is 4.74 Å². The molecular formula is C26H19BrO2. The van der Waals surface area contributed by atoms with Crippen molar-refractivity contribution in [1.82, 2.24) is 0 Å². The molecule has 0 aliphatic carbocycles. The zero-order valence-corrected chi connectivity index (χ0v) is 17.3. The van der Waals surface area contributed by atoms with E-state index in [1.807, 2.05) is 84.9 Å². The number of esters is 1. The molecule has 29 heavy (non-hydrogen) atoms. The Morgan fingerprint density at radius 3 is 2.21 bits per heavy atom. The summed E-state index contributed by atoms with van der Waals surface area (Å²) < 4.78 is 6.43. The third kappa shape index (κ3) is 4.50. The highest BCUT2D eigenvalue weighted by Crippen LogP contribution is 2.38. The highest BCUT2D eigenvalue weighted by Gasteiger charge is 2.37. The van der Waals surface area contributed by atoms with Crippen LogP contribution in [0.1, 0.15) is 22.6 Å². The van der Waals surface area contributed by atoms with Gasteiger partial charge in [-0.1, -0.05) is 94.5 Å². The van der Waals surface area contributed by atoms with Crippen LogP contribution in [0.2, 0.25) is 0 Å². The molecule has 1 aliphatic heterocycles. The molecule has 142 valence electrons. The largest absolute Gasteiger partial charge is 0.433 e. The second-order valence-corrected chi connectivity index (χ2v) is 7.77. The molecule has 0 radical (unpaired) electrons. The predicted octanol–water partition coefficient (Wildman–Crippen LogP) is 5.88. The number of ether oxygens (including phenoxy) is 1. The van der Waals surface area contributed by atoms with Crippen LogP contribution in [0.4, 0.5) is 0 Å². The van der Waals surface area contributed by atoms with E-state index >= 15 is 0 Å². The van der Waals surface area contributed by atoms with E-state index in [0.29, 0.717) is 6.42 Å². The maximum absolute atomic E-state index is 12.8. The molecule has 1 aliphatic rings. The van der Waals surface area contributed by atoms with Crippen molar-refractivity contribution < 1.29 is 9.53 Å². The van der Waals surface area contributed by atoms with Gasteiger partial charge in [0.1, 0.15) is 6.26 Å². The van der Waals surface area contributed by atoms with Crippen LogP contribution in [0.25, 0.3) is 0 Å². The topological polar surface area (TPSA) is 26.3 Å². The van der Waals surface area contributed by atoms with Crippen LogP contribution in [0.15, 0.2) is 101 Å². The lowest BCUT2D eigenvalue weighted by atomic mass is 9.77. The van der Waals surface area contributed by atoms with Gasteiger partial charge in [-0.05, 0) is 35.7 Å². The first kappa shape index (κ1) is 19.2. The first-order valence-electron chi connectivity index (χ1n) is 9.48. The summed E-state index contributed by atoms with van der Waals surface area (Å²) in [5.41, 5.74) is 3.89. The van der Waals surface area contributed by atoms with Gasteiger partial charge in [0.15, 0.2) is 0 Å². The molecule has 0 unspecified atom stereocenters. The van der Waals surface area contributed by atoms with Gasteiger partial charge < -0.3 is 4.74 Å². The van der Waals surface area contributed by atoms with E-state index in [1.165, 1.54) is 6.26 Å². The molecule has 2 nitrogen and oxygen atoms in total. The van der Waals surface area contributed by atoms with Crippen molar-refractivity contribution in [1.29, 1.82) is 0 Å². The first-order chi connectivity index (χ1) is 14.2. The molecule has 0 aromatic heterocycles. The lowest BCUT2D eigenvalue weighted by molar-refractivity contribution is -0.144. The van der Waals surface area contributed by atoms with Crippen molar-refractivity contribution in [2.45, 2.75) is 12.3 Å². The van der Waals surface area contributed by atoms with Crippen molar-refractivity contribution >= 4 is 21.9 Å². The normalized spacial score (nSPS) is 18.2. The van der Waals surface area contributed by atoms with Crippen molar-refractivity contribution in [2.75, 3.05) is 0 Å². The van der Waals surface area contributed by atoms with Crippen molar-refractivity contribution in [3.8, 4) is 11.8 Å². The minimum absolute atomic E-state index is 0.152. The molecule has 3 aromatic rings. The monoisotopic (exact) mass is 442 g/mol. The molecule has 1 heterocycles. The molecule has 3 aromatic carbocycles. The summed E-state index contributed by atoms with van der Waals surface area (Å²) in [5.74, 6) is 5.74. The molecule has 4 rings (SSSR count). The van der Waals surface area contributed by atoms with Gasteiger partial charge in [-0.25, -0.2) is 0 Å². The summed E-state index contributed by atoms with van der Waals surface area (Å²) in [5, 5.41) is 0. The van der Waals surface area contributed by atoms with Crippen LogP contribution >= 0.6 is 15.9 Å². The fourth-order valence-electron chi connectivity index (χ4n) is 3.58. The molecule has 0 N–H and O–H groups in total. The standard InChI is InChI=1S/C26H19BrO2/c27-24-14-8-7-13-21(24)17-23-25(20-11-5-2-6-12-20)22(18-29-26(23)28)16-15-19-9-3-1-4-10-19/h1-14,18,23,25H,17H2/t23-,25+/m0/s1. The second-order valence-electron chi connectivity index (χ2n) is 6.92. The number of hydrogen-bond donors (Lipinski definition) is 0. The van der Waals surface area contributed by atoms with Crippen LogP contribution in [-0.4, -0.2) is 5.97 Å². The third-order valence-corrected chi connectivity index (χ3v) is 5.80. The Morgan fingerprint density at radius 2 is 1.48 bits per heavy atom. The third-order valence-electron chi connectivity index (χ3n) is 5.02. The summed E-state index contributed by atoms with van der Waals surface area (Å²) in [6.07, 6.45) is 2.09. The molecule has 0 spiro atoms. The first-order valence-corrected chi connectivity index (χ1v) is 10.3. The Balaban J connectivity index is 1.74. The Hall–Kier alpha value is -3.09. The minimum Gasteiger partial charge on any atom is -0.433 e. The highest BCUT2D eigenvalue weighted by molar-refractivity contribution is 9.10. The van der Waals surface area contributed by atoms with E-state index in [-0.39, 0.29) is 17.8 Å². The van der Waals surface area contributed by atoms with Crippen LogP contribution in [0.3, 0.4) is 0 Å². The highest BCUT2D eigenvalue weighted by atomic mass is 79.9. The quantitative estimate of drug-likeness (QED) is 0.373. The second kappa shape index (κ2) is 8.94. The molecule has 0 saturated carbocycles. The number of carbonyl (C=O) groups excluding carboxylic acids is 1.